The van der Waals surface area contributed by atoms with Gasteiger partial charge in [0, 0.05) is 29.3 Å². The molecule has 3 aromatic rings. The molecule has 0 fully saturated rings. The fraction of sp³-hybridized carbons (Fsp3) is 0.0667. The maximum atomic E-state index is 4.73. The number of benzene rings is 1. The van der Waals surface area contributed by atoms with E-state index in [1.165, 1.54) is 5.56 Å². The van der Waals surface area contributed by atoms with E-state index in [1.54, 1.807) is 11.8 Å². The highest BCUT2D eigenvalue weighted by Gasteiger charge is 2.21. The molecule has 0 unspecified atom stereocenters. The zero-order valence-corrected chi connectivity index (χ0v) is 11.0. The normalized spacial score (nSPS) is 12.8. The third-order valence-electron chi connectivity index (χ3n) is 3.20. The third-order valence-corrected chi connectivity index (χ3v) is 4.26. The number of thioether (sulfide) groups is 1. The van der Waals surface area contributed by atoms with Gasteiger partial charge in [-0.05, 0) is 24.3 Å². The second-order valence-electron chi connectivity index (χ2n) is 4.43. The predicted octanol–water partition coefficient (Wildman–Crippen LogP) is 3.54. The van der Waals surface area contributed by atoms with Gasteiger partial charge in [-0.15, -0.1) is 11.8 Å². The van der Waals surface area contributed by atoms with Gasteiger partial charge in [0.05, 0.1) is 11.4 Å². The van der Waals surface area contributed by atoms with Crippen molar-refractivity contribution < 1.29 is 0 Å². The smallest absolute Gasteiger partial charge is 0.106 e. The van der Waals surface area contributed by atoms with E-state index < -0.39 is 0 Å². The van der Waals surface area contributed by atoms with E-state index >= 15 is 0 Å². The van der Waals surface area contributed by atoms with Crippen molar-refractivity contribution in [3.05, 3.63) is 60.4 Å². The van der Waals surface area contributed by atoms with E-state index in [1.807, 2.05) is 35.1 Å². The van der Waals surface area contributed by atoms with Crippen LogP contribution in [-0.4, -0.2) is 14.8 Å². The summed E-state index contributed by atoms with van der Waals surface area (Å²) in [6.45, 7) is 0. The van der Waals surface area contributed by atoms with Crippen LogP contribution in [0, 0.1) is 0 Å². The van der Waals surface area contributed by atoms with E-state index in [-0.39, 0.29) is 0 Å². The fourth-order valence-electron chi connectivity index (χ4n) is 2.29. The molecule has 0 atom stereocenters. The van der Waals surface area contributed by atoms with Crippen molar-refractivity contribution in [1.82, 2.24) is 14.8 Å². The molecule has 0 N–H and O–H groups in total. The van der Waals surface area contributed by atoms with Crippen LogP contribution >= 0.6 is 11.8 Å². The molecule has 2 aromatic heterocycles. The molecule has 3 nitrogen and oxygen atoms in total. The fourth-order valence-corrected chi connectivity index (χ4v) is 3.25. The molecule has 0 radical (unpaired) electrons. The van der Waals surface area contributed by atoms with Crippen molar-refractivity contribution in [2.75, 3.05) is 0 Å². The number of para-hydroxylation sites is 1. The molecular formula is C15H11N3S. The van der Waals surface area contributed by atoms with E-state index in [2.05, 4.69) is 29.4 Å². The molecule has 1 aromatic carbocycles. The van der Waals surface area contributed by atoms with Crippen LogP contribution in [0.25, 0.3) is 16.9 Å². The number of hydrogen-bond donors (Lipinski definition) is 0. The molecule has 0 bridgehead atoms. The van der Waals surface area contributed by atoms with Crippen LogP contribution in [0.15, 0.2) is 59.9 Å². The molecule has 0 aliphatic carbocycles. The summed E-state index contributed by atoms with van der Waals surface area (Å²) in [6.07, 6.45) is 3.96. The standard InChI is InChI=1S/C15H11N3S/c1-2-5-12(6-3-1)18-9-11-10-19-15-13(14(11)17-18)7-4-8-16-15/h1-9H,10H2. The first kappa shape index (κ1) is 10.8. The Hall–Kier alpha value is -2.07. The second kappa shape index (κ2) is 4.24. The summed E-state index contributed by atoms with van der Waals surface area (Å²) in [5.41, 5.74) is 4.57. The third kappa shape index (κ3) is 1.76. The Balaban J connectivity index is 1.88. The predicted molar refractivity (Wildman–Crippen MR) is 76.4 cm³/mol. The first-order valence-electron chi connectivity index (χ1n) is 6.14. The molecule has 1 aliphatic rings. The Bertz CT molecular complexity index is 734. The molecule has 1 aliphatic heterocycles. The number of hydrogen-bond acceptors (Lipinski definition) is 3. The number of aromatic nitrogens is 3. The summed E-state index contributed by atoms with van der Waals surface area (Å²) in [7, 11) is 0. The summed E-state index contributed by atoms with van der Waals surface area (Å²) in [5.74, 6) is 0.937. The minimum Gasteiger partial charge on any atom is -0.249 e. The zero-order valence-electron chi connectivity index (χ0n) is 10.2. The van der Waals surface area contributed by atoms with Crippen molar-refractivity contribution >= 4 is 11.8 Å². The molecule has 92 valence electrons. The van der Waals surface area contributed by atoms with Gasteiger partial charge in [-0.3, -0.25) is 0 Å². The highest BCUT2D eigenvalue weighted by molar-refractivity contribution is 7.98. The van der Waals surface area contributed by atoms with Crippen LogP contribution < -0.4 is 0 Å². The first-order valence-corrected chi connectivity index (χ1v) is 7.12. The largest absolute Gasteiger partial charge is 0.249 e. The summed E-state index contributed by atoms with van der Waals surface area (Å²) >= 11 is 1.78. The first-order chi connectivity index (χ1) is 9.42. The topological polar surface area (TPSA) is 30.7 Å². The Morgan fingerprint density at radius 1 is 1.05 bits per heavy atom. The molecule has 4 rings (SSSR count). The van der Waals surface area contributed by atoms with Gasteiger partial charge in [0.25, 0.3) is 0 Å². The maximum Gasteiger partial charge on any atom is 0.106 e. The van der Waals surface area contributed by atoms with Crippen molar-refractivity contribution in [3.8, 4) is 16.9 Å². The van der Waals surface area contributed by atoms with Crippen LogP contribution in [0.3, 0.4) is 0 Å². The summed E-state index contributed by atoms with van der Waals surface area (Å²) in [6, 6.07) is 14.3. The molecule has 19 heavy (non-hydrogen) atoms. The van der Waals surface area contributed by atoms with E-state index in [9.17, 15) is 0 Å². The van der Waals surface area contributed by atoms with Crippen LogP contribution in [0.1, 0.15) is 5.56 Å². The monoisotopic (exact) mass is 265 g/mol. The van der Waals surface area contributed by atoms with Crippen LogP contribution in [0.5, 0.6) is 0 Å². The Kier molecular flexibility index (Phi) is 2.42. The lowest BCUT2D eigenvalue weighted by Gasteiger charge is -2.12. The van der Waals surface area contributed by atoms with Crippen LogP contribution in [0.2, 0.25) is 0 Å². The second-order valence-corrected chi connectivity index (χ2v) is 5.39. The zero-order chi connectivity index (χ0) is 12.7. The minimum atomic E-state index is 0.937. The maximum absolute atomic E-state index is 4.73. The van der Waals surface area contributed by atoms with Crippen molar-refractivity contribution in [1.29, 1.82) is 0 Å². The summed E-state index contributed by atoms with van der Waals surface area (Å²) < 4.78 is 1.95. The molecule has 4 heteroatoms. The van der Waals surface area contributed by atoms with Crippen molar-refractivity contribution in [2.45, 2.75) is 10.8 Å². The Morgan fingerprint density at radius 3 is 2.84 bits per heavy atom. The number of pyridine rings is 1. The van der Waals surface area contributed by atoms with Gasteiger partial charge in [-0.1, -0.05) is 18.2 Å². The molecule has 0 amide bonds. The van der Waals surface area contributed by atoms with Gasteiger partial charge >= 0.3 is 0 Å². The number of rotatable bonds is 1. The van der Waals surface area contributed by atoms with Crippen molar-refractivity contribution in [2.24, 2.45) is 0 Å². The lowest BCUT2D eigenvalue weighted by atomic mass is 10.1. The molecule has 0 spiro atoms. The summed E-state index contributed by atoms with van der Waals surface area (Å²) in [5, 5.41) is 5.80. The lowest BCUT2D eigenvalue weighted by molar-refractivity contribution is 0.882. The Morgan fingerprint density at radius 2 is 1.95 bits per heavy atom. The van der Waals surface area contributed by atoms with Gasteiger partial charge in [0.15, 0.2) is 0 Å². The molecule has 0 saturated carbocycles. The van der Waals surface area contributed by atoms with E-state index in [4.69, 9.17) is 5.10 Å². The van der Waals surface area contributed by atoms with Gasteiger partial charge in [-0.2, -0.15) is 5.10 Å². The highest BCUT2D eigenvalue weighted by atomic mass is 32.2. The number of nitrogens with zero attached hydrogens (tertiary/aromatic N) is 3. The number of fused-ring (bicyclic) bond motifs is 3. The quantitative estimate of drug-likeness (QED) is 0.674. The van der Waals surface area contributed by atoms with E-state index in [0.717, 1.165) is 27.7 Å². The SMILES string of the molecule is c1ccc(-n2cc3c(n2)-c2cccnc2SC3)cc1. The molecular weight excluding hydrogens is 254 g/mol. The van der Waals surface area contributed by atoms with E-state index in [0.29, 0.717) is 0 Å². The van der Waals surface area contributed by atoms with Crippen LogP contribution in [0.4, 0.5) is 0 Å². The summed E-state index contributed by atoms with van der Waals surface area (Å²) in [4.78, 5) is 4.41. The van der Waals surface area contributed by atoms with Gasteiger partial charge < -0.3 is 0 Å². The Labute approximate surface area is 115 Å². The van der Waals surface area contributed by atoms with Gasteiger partial charge in [0.2, 0.25) is 0 Å². The van der Waals surface area contributed by atoms with Gasteiger partial charge in [-0.25, -0.2) is 9.67 Å². The average molecular weight is 265 g/mol. The van der Waals surface area contributed by atoms with Crippen LogP contribution in [-0.2, 0) is 5.75 Å². The average Bonchev–Trinajstić information content (AvgIpc) is 2.93. The van der Waals surface area contributed by atoms with Crippen molar-refractivity contribution in [3.63, 3.8) is 0 Å². The molecule has 0 saturated heterocycles. The molecule has 3 heterocycles. The lowest BCUT2D eigenvalue weighted by Crippen LogP contribution is -1.96. The highest BCUT2D eigenvalue weighted by Crippen LogP contribution is 2.39. The van der Waals surface area contributed by atoms with Gasteiger partial charge in [0.1, 0.15) is 5.03 Å². The minimum absolute atomic E-state index is 0.937.